The largest absolute Gasteiger partial charge is 0.468 e. The molecule has 0 spiro atoms. The maximum atomic E-state index is 13.2. The van der Waals surface area contributed by atoms with Crippen molar-refractivity contribution in [1.29, 1.82) is 0 Å². The number of anilines is 1. The van der Waals surface area contributed by atoms with Crippen molar-refractivity contribution >= 4 is 33.4 Å². The minimum atomic E-state index is -0.356. The second-order valence-electron chi connectivity index (χ2n) is 3.25. The van der Waals surface area contributed by atoms with Gasteiger partial charge in [-0.15, -0.1) is 0 Å². The summed E-state index contributed by atoms with van der Waals surface area (Å²) in [7, 11) is 0. The zero-order valence-corrected chi connectivity index (χ0v) is 10.9. The van der Waals surface area contributed by atoms with Crippen LogP contribution in [-0.2, 0) is 0 Å². The standard InChI is InChI=1S/C11H9BrFNOS/c1-6-10(2-3-15-6)16-11-4-7(12)8(13)5-9(11)14/h2-5H,14H2,1H3. The highest BCUT2D eigenvalue weighted by Gasteiger charge is 2.10. The zero-order valence-electron chi connectivity index (χ0n) is 8.46. The third-order valence-corrected chi connectivity index (χ3v) is 3.91. The Hall–Kier alpha value is -0.940. The van der Waals surface area contributed by atoms with Crippen LogP contribution in [0.2, 0.25) is 0 Å². The molecule has 2 N–H and O–H groups in total. The molecule has 0 aliphatic heterocycles. The van der Waals surface area contributed by atoms with Gasteiger partial charge in [0.1, 0.15) is 11.6 Å². The predicted octanol–water partition coefficient (Wildman–Crippen LogP) is 4.22. The quantitative estimate of drug-likeness (QED) is 0.844. The van der Waals surface area contributed by atoms with Crippen molar-refractivity contribution in [3.63, 3.8) is 0 Å². The molecule has 0 unspecified atom stereocenters. The molecule has 0 saturated heterocycles. The van der Waals surface area contributed by atoms with Crippen molar-refractivity contribution in [2.75, 3.05) is 5.73 Å². The highest BCUT2D eigenvalue weighted by molar-refractivity contribution is 9.10. The smallest absolute Gasteiger partial charge is 0.139 e. The van der Waals surface area contributed by atoms with Crippen LogP contribution in [-0.4, -0.2) is 0 Å². The van der Waals surface area contributed by atoms with Crippen molar-refractivity contribution in [3.8, 4) is 0 Å². The summed E-state index contributed by atoms with van der Waals surface area (Å²) in [6, 6.07) is 4.83. The van der Waals surface area contributed by atoms with Gasteiger partial charge in [-0.1, -0.05) is 11.8 Å². The Morgan fingerprint density at radius 1 is 1.38 bits per heavy atom. The first-order valence-electron chi connectivity index (χ1n) is 4.54. The van der Waals surface area contributed by atoms with Gasteiger partial charge >= 0.3 is 0 Å². The molecule has 0 aliphatic rings. The van der Waals surface area contributed by atoms with Crippen LogP contribution in [0, 0.1) is 12.7 Å². The van der Waals surface area contributed by atoms with Crippen LogP contribution in [0.1, 0.15) is 5.76 Å². The number of nitrogens with two attached hydrogens (primary N) is 1. The Labute approximate surface area is 105 Å². The first-order valence-corrected chi connectivity index (χ1v) is 6.15. The van der Waals surface area contributed by atoms with E-state index in [1.54, 1.807) is 12.3 Å². The van der Waals surface area contributed by atoms with Crippen molar-refractivity contribution in [2.45, 2.75) is 16.7 Å². The number of benzene rings is 1. The van der Waals surface area contributed by atoms with Crippen molar-refractivity contribution in [3.05, 3.63) is 40.5 Å². The van der Waals surface area contributed by atoms with Gasteiger partial charge in [-0.2, -0.15) is 0 Å². The third-order valence-electron chi connectivity index (χ3n) is 2.08. The number of halogens is 2. The first kappa shape index (κ1) is 11.5. The molecule has 0 bridgehead atoms. The summed E-state index contributed by atoms with van der Waals surface area (Å²) in [5, 5.41) is 0. The van der Waals surface area contributed by atoms with Gasteiger partial charge in [0.15, 0.2) is 0 Å². The molecule has 5 heteroatoms. The summed E-state index contributed by atoms with van der Waals surface area (Å²) in [5.74, 6) is 0.468. The number of aryl methyl sites for hydroxylation is 1. The third kappa shape index (κ3) is 2.25. The van der Waals surface area contributed by atoms with Crippen molar-refractivity contribution in [1.82, 2.24) is 0 Å². The summed E-state index contributed by atoms with van der Waals surface area (Å²) in [4.78, 5) is 1.78. The Balaban J connectivity index is 2.35. The molecule has 1 heterocycles. The van der Waals surface area contributed by atoms with E-state index in [0.717, 1.165) is 15.6 Å². The fourth-order valence-corrected chi connectivity index (χ4v) is 2.63. The summed E-state index contributed by atoms with van der Waals surface area (Å²) in [5.41, 5.74) is 6.17. The predicted molar refractivity (Wildman–Crippen MR) is 66.1 cm³/mol. The second-order valence-corrected chi connectivity index (χ2v) is 5.19. The normalized spacial score (nSPS) is 10.7. The number of rotatable bonds is 2. The van der Waals surface area contributed by atoms with Crippen LogP contribution in [0.5, 0.6) is 0 Å². The molecule has 1 aromatic heterocycles. The number of nitrogen functional groups attached to an aromatic ring is 1. The van der Waals surface area contributed by atoms with Gasteiger partial charge in [0.05, 0.1) is 15.6 Å². The average molecular weight is 302 g/mol. The lowest BCUT2D eigenvalue weighted by Gasteiger charge is -2.05. The maximum absolute atomic E-state index is 13.2. The molecule has 0 amide bonds. The minimum Gasteiger partial charge on any atom is -0.468 e. The van der Waals surface area contributed by atoms with Gasteiger partial charge in [-0.05, 0) is 41.1 Å². The van der Waals surface area contributed by atoms with Crippen LogP contribution >= 0.6 is 27.7 Å². The summed E-state index contributed by atoms with van der Waals surface area (Å²) >= 11 is 4.59. The van der Waals surface area contributed by atoms with Crippen LogP contribution in [0.3, 0.4) is 0 Å². The summed E-state index contributed by atoms with van der Waals surface area (Å²) < 4.78 is 18.8. The maximum Gasteiger partial charge on any atom is 0.139 e. The van der Waals surface area contributed by atoms with Gasteiger partial charge in [-0.25, -0.2) is 4.39 Å². The van der Waals surface area contributed by atoms with E-state index >= 15 is 0 Å². The Kier molecular flexibility index (Phi) is 3.25. The highest BCUT2D eigenvalue weighted by atomic mass is 79.9. The first-order chi connectivity index (χ1) is 7.58. The van der Waals surface area contributed by atoms with E-state index in [-0.39, 0.29) is 5.82 Å². The van der Waals surface area contributed by atoms with Crippen LogP contribution in [0.4, 0.5) is 10.1 Å². The SMILES string of the molecule is Cc1occc1Sc1cc(Br)c(F)cc1N. The number of hydrogen-bond acceptors (Lipinski definition) is 3. The van der Waals surface area contributed by atoms with E-state index in [1.165, 1.54) is 17.8 Å². The minimum absolute atomic E-state index is 0.356. The Morgan fingerprint density at radius 2 is 2.12 bits per heavy atom. The summed E-state index contributed by atoms with van der Waals surface area (Å²) in [6.07, 6.45) is 1.62. The Bertz CT molecular complexity index is 527. The van der Waals surface area contributed by atoms with Gasteiger partial charge in [-0.3, -0.25) is 0 Å². The number of hydrogen-bond donors (Lipinski definition) is 1. The molecular weight excluding hydrogens is 293 g/mol. The van der Waals surface area contributed by atoms with Gasteiger partial charge in [0.2, 0.25) is 0 Å². The van der Waals surface area contributed by atoms with Crippen molar-refractivity contribution in [2.24, 2.45) is 0 Å². The molecule has 1 aromatic carbocycles. The molecule has 0 saturated carbocycles. The topological polar surface area (TPSA) is 39.2 Å². The van der Waals surface area contributed by atoms with E-state index in [1.807, 2.05) is 13.0 Å². The molecular formula is C11H9BrFNOS. The lowest BCUT2D eigenvalue weighted by atomic mass is 10.3. The van der Waals surface area contributed by atoms with E-state index in [2.05, 4.69) is 15.9 Å². The van der Waals surface area contributed by atoms with Crippen LogP contribution in [0.25, 0.3) is 0 Å². The zero-order chi connectivity index (χ0) is 11.7. The number of furan rings is 1. The monoisotopic (exact) mass is 301 g/mol. The molecule has 0 atom stereocenters. The molecule has 2 rings (SSSR count). The fourth-order valence-electron chi connectivity index (χ4n) is 1.23. The van der Waals surface area contributed by atoms with Crippen LogP contribution < -0.4 is 5.73 Å². The highest BCUT2D eigenvalue weighted by Crippen LogP contribution is 2.36. The molecule has 2 aromatic rings. The molecule has 0 fully saturated rings. The molecule has 0 aliphatic carbocycles. The van der Waals surface area contributed by atoms with E-state index < -0.39 is 0 Å². The second kappa shape index (κ2) is 4.51. The van der Waals surface area contributed by atoms with Crippen LogP contribution in [0.15, 0.2) is 43.1 Å². The average Bonchev–Trinajstić information content (AvgIpc) is 2.61. The lowest BCUT2D eigenvalue weighted by molar-refractivity contribution is 0.527. The molecule has 0 radical (unpaired) electrons. The van der Waals surface area contributed by atoms with Crippen molar-refractivity contribution < 1.29 is 8.81 Å². The Morgan fingerprint density at radius 3 is 2.75 bits per heavy atom. The van der Waals surface area contributed by atoms with E-state index in [9.17, 15) is 4.39 Å². The van der Waals surface area contributed by atoms with E-state index in [0.29, 0.717) is 10.2 Å². The molecule has 2 nitrogen and oxygen atoms in total. The molecule has 84 valence electrons. The molecule has 16 heavy (non-hydrogen) atoms. The van der Waals surface area contributed by atoms with Gasteiger partial charge < -0.3 is 10.2 Å². The fraction of sp³-hybridized carbons (Fsp3) is 0.0909. The summed E-state index contributed by atoms with van der Waals surface area (Å²) in [6.45, 7) is 1.87. The van der Waals surface area contributed by atoms with E-state index in [4.69, 9.17) is 10.2 Å². The lowest BCUT2D eigenvalue weighted by Crippen LogP contribution is -1.91. The van der Waals surface area contributed by atoms with Gasteiger partial charge in [0.25, 0.3) is 0 Å². The van der Waals surface area contributed by atoms with Gasteiger partial charge in [0, 0.05) is 10.6 Å².